The molecule has 1 aliphatic heterocycles. The molecule has 2 heterocycles. The second-order valence-corrected chi connectivity index (χ2v) is 7.05. The Kier molecular flexibility index (Phi) is 5.27. The lowest BCUT2D eigenvalue weighted by atomic mass is 10.2. The van der Waals surface area contributed by atoms with Gasteiger partial charge in [-0.05, 0) is 6.42 Å². The van der Waals surface area contributed by atoms with E-state index in [9.17, 15) is 4.79 Å². The van der Waals surface area contributed by atoms with Gasteiger partial charge in [-0.25, -0.2) is 9.97 Å². The minimum atomic E-state index is -0.0712. The van der Waals surface area contributed by atoms with Crippen molar-refractivity contribution in [3.63, 3.8) is 0 Å². The second kappa shape index (κ2) is 6.76. The molecular formula is C14H20ClN3OS. The highest BCUT2D eigenvalue weighted by Gasteiger charge is 2.26. The molecule has 20 heavy (non-hydrogen) atoms. The summed E-state index contributed by atoms with van der Waals surface area (Å²) in [4.78, 5) is 23.0. The summed E-state index contributed by atoms with van der Waals surface area (Å²) in [5.41, 5.74) is 0.340. The molecule has 0 N–H and O–H groups in total. The van der Waals surface area contributed by atoms with Crippen LogP contribution < -0.4 is 0 Å². The number of carbonyl (C=O) groups excluding carboxylic acids is 1. The fourth-order valence-corrected chi connectivity index (χ4v) is 3.46. The quantitative estimate of drug-likeness (QED) is 0.859. The van der Waals surface area contributed by atoms with Crippen molar-refractivity contribution in [1.82, 2.24) is 14.9 Å². The van der Waals surface area contributed by atoms with E-state index in [1.165, 1.54) is 6.20 Å². The number of aromatic nitrogens is 2. The van der Waals surface area contributed by atoms with Crippen LogP contribution in [0.5, 0.6) is 0 Å². The Morgan fingerprint density at radius 2 is 2.35 bits per heavy atom. The normalized spacial score (nSPS) is 19.4. The van der Waals surface area contributed by atoms with Crippen molar-refractivity contribution in [2.45, 2.75) is 38.4 Å². The lowest BCUT2D eigenvalue weighted by molar-refractivity contribution is 0.0754. The first-order valence-corrected chi connectivity index (χ1v) is 8.38. The molecule has 110 valence electrons. The van der Waals surface area contributed by atoms with Crippen molar-refractivity contribution < 1.29 is 4.79 Å². The number of rotatable bonds is 3. The predicted molar refractivity (Wildman–Crippen MR) is 83.6 cm³/mol. The molecule has 2 rings (SSSR count). The lowest BCUT2D eigenvalue weighted by Gasteiger charge is -2.31. The topological polar surface area (TPSA) is 46.1 Å². The Morgan fingerprint density at radius 3 is 3.00 bits per heavy atom. The Balaban J connectivity index is 2.21. The van der Waals surface area contributed by atoms with Crippen LogP contribution >= 0.6 is 23.4 Å². The number of hydrogen-bond acceptors (Lipinski definition) is 4. The van der Waals surface area contributed by atoms with E-state index in [4.69, 9.17) is 11.6 Å². The largest absolute Gasteiger partial charge is 0.335 e. The minimum Gasteiger partial charge on any atom is -0.335 e. The van der Waals surface area contributed by atoms with Crippen LogP contribution in [0, 0.1) is 0 Å². The number of amides is 1. The number of hydrogen-bond donors (Lipinski definition) is 0. The molecule has 1 aliphatic rings. The highest BCUT2D eigenvalue weighted by atomic mass is 35.5. The third kappa shape index (κ3) is 3.44. The van der Waals surface area contributed by atoms with E-state index in [0.717, 1.165) is 25.3 Å². The first-order valence-electron chi connectivity index (χ1n) is 6.96. The third-order valence-electron chi connectivity index (χ3n) is 3.36. The van der Waals surface area contributed by atoms with Crippen LogP contribution in [0.25, 0.3) is 0 Å². The third-order valence-corrected chi connectivity index (χ3v) is 5.01. The molecule has 0 radical (unpaired) electrons. The summed E-state index contributed by atoms with van der Waals surface area (Å²) < 4.78 is 0. The molecule has 1 amide bonds. The summed E-state index contributed by atoms with van der Waals surface area (Å²) in [6, 6.07) is 0. The van der Waals surface area contributed by atoms with E-state index in [1.807, 2.05) is 30.5 Å². The van der Waals surface area contributed by atoms with Gasteiger partial charge in [0.1, 0.15) is 5.82 Å². The Labute approximate surface area is 129 Å². The zero-order valence-corrected chi connectivity index (χ0v) is 13.7. The Morgan fingerprint density at radius 1 is 1.60 bits per heavy atom. The molecule has 1 unspecified atom stereocenters. The van der Waals surface area contributed by atoms with Crippen LogP contribution in [-0.2, 0) is 0 Å². The van der Waals surface area contributed by atoms with Crippen LogP contribution in [0.1, 0.15) is 49.4 Å². The Bertz CT molecular complexity index is 495. The summed E-state index contributed by atoms with van der Waals surface area (Å²) in [5.74, 6) is 1.75. The minimum absolute atomic E-state index is 0.0712. The van der Waals surface area contributed by atoms with E-state index in [0.29, 0.717) is 21.8 Å². The standard InChI is InChI=1S/C14H20ClN3OS/c1-4-10-8-18(5-6-20-10)14(19)12-11(15)7-16-13(17-12)9(2)3/h7,9-10H,4-6,8H2,1-3H3. The van der Waals surface area contributed by atoms with Gasteiger partial charge in [-0.3, -0.25) is 4.79 Å². The van der Waals surface area contributed by atoms with E-state index >= 15 is 0 Å². The fourth-order valence-electron chi connectivity index (χ4n) is 2.11. The SMILES string of the molecule is CCC1CN(C(=O)c2nc(C(C)C)ncc2Cl)CCS1. The summed E-state index contributed by atoms with van der Waals surface area (Å²) in [7, 11) is 0. The molecule has 0 bridgehead atoms. The molecule has 0 aromatic carbocycles. The summed E-state index contributed by atoms with van der Waals surface area (Å²) in [6.45, 7) is 7.69. The molecule has 1 fully saturated rings. The maximum absolute atomic E-state index is 12.6. The molecule has 1 atom stereocenters. The summed E-state index contributed by atoms with van der Waals surface area (Å²) >= 11 is 8.04. The van der Waals surface area contributed by atoms with Crippen LogP contribution in [0.2, 0.25) is 5.02 Å². The molecule has 1 saturated heterocycles. The second-order valence-electron chi connectivity index (χ2n) is 5.23. The van der Waals surface area contributed by atoms with E-state index in [2.05, 4.69) is 16.9 Å². The maximum Gasteiger partial charge on any atom is 0.274 e. The number of thioether (sulfide) groups is 1. The van der Waals surface area contributed by atoms with Crippen molar-refractivity contribution in [3.05, 3.63) is 22.7 Å². The molecule has 0 aliphatic carbocycles. The van der Waals surface area contributed by atoms with E-state index < -0.39 is 0 Å². The Hall–Kier alpha value is -0.810. The van der Waals surface area contributed by atoms with Crippen LogP contribution in [0.3, 0.4) is 0 Å². The van der Waals surface area contributed by atoms with Crippen LogP contribution in [-0.4, -0.2) is 44.9 Å². The fraction of sp³-hybridized carbons (Fsp3) is 0.643. The van der Waals surface area contributed by atoms with Gasteiger partial charge in [-0.2, -0.15) is 11.8 Å². The zero-order valence-electron chi connectivity index (χ0n) is 12.1. The molecule has 6 heteroatoms. The van der Waals surface area contributed by atoms with Crippen LogP contribution in [0.15, 0.2) is 6.20 Å². The van der Waals surface area contributed by atoms with Gasteiger partial charge in [0.2, 0.25) is 0 Å². The smallest absolute Gasteiger partial charge is 0.274 e. The molecule has 0 spiro atoms. The number of nitrogens with zero attached hydrogens (tertiary/aromatic N) is 3. The molecule has 1 aromatic heterocycles. The summed E-state index contributed by atoms with van der Waals surface area (Å²) in [5, 5.41) is 0.851. The van der Waals surface area contributed by atoms with Gasteiger partial charge in [0.15, 0.2) is 5.69 Å². The first-order chi connectivity index (χ1) is 9.52. The molecular weight excluding hydrogens is 294 g/mol. The average molecular weight is 314 g/mol. The molecule has 0 saturated carbocycles. The van der Waals surface area contributed by atoms with Crippen molar-refractivity contribution in [1.29, 1.82) is 0 Å². The van der Waals surface area contributed by atoms with Crippen molar-refractivity contribution in [2.24, 2.45) is 0 Å². The van der Waals surface area contributed by atoms with E-state index in [1.54, 1.807) is 0 Å². The predicted octanol–water partition coefficient (Wildman–Crippen LogP) is 3.22. The monoisotopic (exact) mass is 313 g/mol. The van der Waals surface area contributed by atoms with Gasteiger partial charge in [-0.1, -0.05) is 32.4 Å². The maximum atomic E-state index is 12.6. The average Bonchev–Trinajstić information content (AvgIpc) is 2.46. The lowest BCUT2D eigenvalue weighted by Crippen LogP contribution is -2.42. The van der Waals surface area contributed by atoms with Crippen LogP contribution in [0.4, 0.5) is 0 Å². The van der Waals surface area contributed by atoms with Gasteiger partial charge in [0, 0.05) is 30.0 Å². The van der Waals surface area contributed by atoms with Crippen molar-refractivity contribution in [3.8, 4) is 0 Å². The number of halogens is 1. The molecule has 1 aromatic rings. The van der Waals surface area contributed by atoms with E-state index in [-0.39, 0.29) is 11.8 Å². The van der Waals surface area contributed by atoms with Gasteiger partial charge >= 0.3 is 0 Å². The number of carbonyl (C=O) groups is 1. The molecule has 4 nitrogen and oxygen atoms in total. The van der Waals surface area contributed by atoms with Gasteiger partial charge in [0.25, 0.3) is 5.91 Å². The van der Waals surface area contributed by atoms with Gasteiger partial charge < -0.3 is 4.90 Å². The zero-order chi connectivity index (χ0) is 14.7. The highest BCUT2D eigenvalue weighted by Crippen LogP contribution is 2.24. The highest BCUT2D eigenvalue weighted by molar-refractivity contribution is 8.00. The van der Waals surface area contributed by atoms with Gasteiger partial charge in [-0.15, -0.1) is 0 Å². The van der Waals surface area contributed by atoms with Crippen molar-refractivity contribution >= 4 is 29.3 Å². The summed E-state index contributed by atoms with van der Waals surface area (Å²) in [6.07, 6.45) is 2.61. The first kappa shape index (κ1) is 15.6. The van der Waals surface area contributed by atoms with Gasteiger partial charge in [0.05, 0.1) is 11.2 Å². The van der Waals surface area contributed by atoms with Crippen molar-refractivity contribution in [2.75, 3.05) is 18.8 Å².